The number of benzene rings is 1. The Labute approximate surface area is 69.6 Å². The van der Waals surface area contributed by atoms with Crippen LogP contribution in [0.25, 0.3) is 0 Å². The van der Waals surface area contributed by atoms with E-state index in [2.05, 4.69) is 0 Å². The lowest BCUT2D eigenvalue weighted by molar-refractivity contribution is -0.113. The number of hydrogen-bond acceptors (Lipinski definition) is 3. The summed E-state index contributed by atoms with van der Waals surface area (Å²) in [6.45, 7) is 0. The van der Waals surface area contributed by atoms with E-state index in [9.17, 15) is 9.59 Å². The summed E-state index contributed by atoms with van der Waals surface area (Å²) >= 11 is 0. The molecule has 1 aromatic carbocycles. The normalized spacial score (nSPS) is 9.00. The molecule has 12 heavy (non-hydrogen) atoms. The van der Waals surface area contributed by atoms with E-state index in [1.165, 1.54) is 0 Å². The molecule has 0 unspecified atom stereocenters. The van der Waals surface area contributed by atoms with Crippen molar-refractivity contribution in [3.05, 3.63) is 24.3 Å². The van der Waals surface area contributed by atoms with Gasteiger partial charge < -0.3 is 5.73 Å². The van der Waals surface area contributed by atoms with E-state index in [0.29, 0.717) is 24.2 Å². The largest absolute Gasteiger partial charge is 0.399 e. The number of amides is 2. The standard InChI is InChI=1S/C8H8N2O2/c9-7-1-3-8(4-2-7)10(5-11)6-12/h1-6H,9H2. The Hall–Kier alpha value is -1.84. The van der Waals surface area contributed by atoms with Crippen LogP contribution in [0.5, 0.6) is 0 Å². The van der Waals surface area contributed by atoms with Crippen molar-refractivity contribution < 1.29 is 9.59 Å². The molecule has 0 radical (unpaired) electrons. The molecule has 0 aliphatic carbocycles. The molecule has 1 aromatic rings. The second kappa shape index (κ2) is 3.52. The monoisotopic (exact) mass is 164 g/mol. The Morgan fingerprint density at radius 2 is 1.58 bits per heavy atom. The van der Waals surface area contributed by atoms with E-state index in [1.807, 2.05) is 0 Å². The summed E-state index contributed by atoms with van der Waals surface area (Å²) in [5, 5.41) is 0. The Morgan fingerprint density at radius 1 is 1.08 bits per heavy atom. The molecule has 0 saturated heterocycles. The minimum absolute atomic E-state index is 0.443. The number of anilines is 2. The van der Waals surface area contributed by atoms with Crippen LogP contribution in [0.15, 0.2) is 24.3 Å². The quantitative estimate of drug-likeness (QED) is 0.519. The van der Waals surface area contributed by atoms with Crippen molar-refractivity contribution in [3.63, 3.8) is 0 Å². The molecule has 4 nitrogen and oxygen atoms in total. The molecule has 0 aliphatic heterocycles. The number of nitrogens with two attached hydrogens (primary N) is 1. The first-order valence-corrected chi connectivity index (χ1v) is 3.32. The van der Waals surface area contributed by atoms with Crippen LogP contribution in [0.2, 0.25) is 0 Å². The lowest BCUT2D eigenvalue weighted by Gasteiger charge is -2.07. The topological polar surface area (TPSA) is 63.4 Å². The maximum Gasteiger partial charge on any atom is 0.220 e. The van der Waals surface area contributed by atoms with Gasteiger partial charge in [-0.25, -0.2) is 0 Å². The Morgan fingerprint density at radius 3 is 2.00 bits per heavy atom. The molecule has 0 bridgehead atoms. The summed E-state index contributed by atoms with van der Waals surface area (Å²) in [6.07, 6.45) is 0.886. The van der Waals surface area contributed by atoms with Gasteiger partial charge in [0, 0.05) is 5.69 Å². The average Bonchev–Trinajstić information content (AvgIpc) is 2.10. The van der Waals surface area contributed by atoms with E-state index < -0.39 is 0 Å². The van der Waals surface area contributed by atoms with Crippen LogP contribution in [0.3, 0.4) is 0 Å². The van der Waals surface area contributed by atoms with Gasteiger partial charge in [0.25, 0.3) is 0 Å². The summed E-state index contributed by atoms with van der Waals surface area (Å²) in [6, 6.07) is 6.43. The number of hydrogen-bond donors (Lipinski definition) is 1. The van der Waals surface area contributed by atoms with Crippen molar-refractivity contribution in [2.24, 2.45) is 0 Å². The van der Waals surface area contributed by atoms with E-state index in [-0.39, 0.29) is 0 Å². The second-order valence-electron chi connectivity index (χ2n) is 2.21. The third kappa shape index (κ3) is 1.60. The minimum Gasteiger partial charge on any atom is -0.399 e. The Bertz CT molecular complexity index is 274. The highest BCUT2D eigenvalue weighted by Gasteiger charge is 2.00. The predicted molar refractivity (Wildman–Crippen MR) is 45.5 cm³/mol. The maximum atomic E-state index is 10.3. The fraction of sp³-hybridized carbons (Fsp3) is 0. The van der Waals surface area contributed by atoms with Crippen LogP contribution in [0.4, 0.5) is 11.4 Å². The molecule has 2 N–H and O–H groups in total. The van der Waals surface area contributed by atoms with Gasteiger partial charge in [0.1, 0.15) is 0 Å². The fourth-order valence-corrected chi connectivity index (χ4v) is 0.793. The van der Waals surface area contributed by atoms with E-state index in [4.69, 9.17) is 5.73 Å². The van der Waals surface area contributed by atoms with Crippen molar-refractivity contribution in [2.45, 2.75) is 0 Å². The van der Waals surface area contributed by atoms with Crippen molar-refractivity contribution in [1.82, 2.24) is 0 Å². The zero-order valence-electron chi connectivity index (χ0n) is 6.31. The molecular formula is C8H8N2O2. The highest BCUT2D eigenvalue weighted by atomic mass is 16.2. The molecule has 0 heterocycles. The summed E-state index contributed by atoms with van der Waals surface area (Å²) in [5.74, 6) is 0. The first-order chi connectivity index (χ1) is 5.77. The lowest BCUT2D eigenvalue weighted by Crippen LogP contribution is -2.17. The van der Waals surface area contributed by atoms with Crippen LogP contribution in [-0.2, 0) is 9.59 Å². The molecule has 62 valence electrons. The molecule has 0 atom stereocenters. The van der Waals surface area contributed by atoms with Gasteiger partial charge in [-0.05, 0) is 24.3 Å². The third-order valence-corrected chi connectivity index (χ3v) is 1.42. The zero-order chi connectivity index (χ0) is 8.97. The molecule has 2 amide bonds. The van der Waals surface area contributed by atoms with Crippen LogP contribution >= 0.6 is 0 Å². The van der Waals surface area contributed by atoms with Gasteiger partial charge in [0.05, 0.1) is 5.69 Å². The SMILES string of the molecule is Nc1ccc(N(C=O)C=O)cc1. The first-order valence-electron chi connectivity index (χ1n) is 3.32. The van der Waals surface area contributed by atoms with Gasteiger partial charge in [0.15, 0.2) is 0 Å². The molecule has 4 heteroatoms. The fourth-order valence-electron chi connectivity index (χ4n) is 0.793. The van der Waals surface area contributed by atoms with Gasteiger partial charge in [-0.15, -0.1) is 0 Å². The minimum atomic E-state index is 0.443. The smallest absolute Gasteiger partial charge is 0.220 e. The first kappa shape index (κ1) is 8.26. The number of nitrogens with zero attached hydrogens (tertiary/aromatic N) is 1. The summed E-state index contributed by atoms with van der Waals surface area (Å²) in [7, 11) is 0. The molecule has 0 spiro atoms. The van der Waals surface area contributed by atoms with Gasteiger partial charge in [0.2, 0.25) is 12.8 Å². The summed E-state index contributed by atoms with van der Waals surface area (Å²) in [5.41, 5.74) is 6.52. The number of carbonyl (C=O) groups excluding carboxylic acids is 2. The van der Waals surface area contributed by atoms with E-state index in [1.54, 1.807) is 24.3 Å². The third-order valence-electron chi connectivity index (χ3n) is 1.42. The molecular weight excluding hydrogens is 156 g/mol. The van der Waals surface area contributed by atoms with Crippen LogP contribution in [-0.4, -0.2) is 12.8 Å². The molecule has 0 fully saturated rings. The average molecular weight is 164 g/mol. The molecule has 0 aliphatic rings. The maximum absolute atomic E-state index is 10.3. The van der Waals surface area contributed by atoms with Gasteiger partial charge in [-0.3, -0.25) is 14.5 Å². The van der Waals surface area contributed by atoms with Gasteiger partial charge >= 0.3 is 0 Å². The summed E-state index contributed by atoms with van der Waals surface area (Å²) in [4.78, 5) is 21.5. The second-order valence-corrected chi connectivity index (χ2v) is 2.21. The van der Waals surface area contributed by atoms with E-state index >= 15 is 0 Å². The van der Waals surface area contributed by atoms with Crippen molar-refractivity contribution >= 4 is 24.2 Å². The van der Waals surface area contributed by atoms with Crippen LogP contribution < -0.4 is 10.6 Å². The summed E-state index contributed by atoms with van der Waals surface area (Å²) < 4.78 is 0. The lowest BCUT2D eigenvalue weighted by atomic mass is 10.3. The Kier molecular flexibility index (Phi) is 2.42. The van der Waals surface area contributed by atoms with Crippen molar-refractivity contribution in [1.29, 1.82) is 0 Å². The van der Waals surface area contributed by atoms with Crippen molar-refractivity contribution in [3.8, 4) is 0 Å². The van der Waals surface area contributed by atoms with Gasteiger partial charge in [-0.1, -0.05) is 0 Å². The van der Waals surface area contributed by atoms with Crippen LogP contribution in [0, 0.1) is 0 Å². The van der Waals surface area contributed by atoms with Gasteiger partial charge in [-0.2, -0.15) is 0 Å². The molecule has 0 saturated carbocycles. The number of carbonyl (C=O) groups is 2. The van der Waals surface area contributed by atoms with Crippen molar-refractivity contribution in [2.75, 3.05) is 10.6 Å². The highest BCUT2D eigenvalue weighted by molar-refractivity contribution is 5.95. The number of rotatable bonds is 3. The molecule has 0 aromatic heterocycles. The Balaban J connectivity index is 2.94. The predicted octanol–water partition coefficient (Wildman–Crippen LogP) is 0.388. The number of imide groups is 1. The number of nitrogen functional groups attached to an aromatic ring is 1. The molecule has 1 rings (SSSR count). The zero-order valence-corrected chi connectivity index (χ0v) is 6.31. The van der Waals surface area contributed by atoms with E-state index in [0.717, 1.165) is 4.90 Å². The van der Waals surface area contributed by atoms with Crippen LogP contribution in [0.1, 0.15) is 0 Å². The highest BCUT2D eigenvalue weighted by Crippen LogP contribution is 2.12.